The summed E-state index contributed by atoms with van der Waals surface area (Å²) in [5, 5.41) is 0. The van der Waals surface area contributed by atoms with E-state index in [0.29, 0.717) is 11.9 Å². The summed E-state index contributed by atoms with van der Waals surface area (Å²) >= 11 is 0. The fourth-order valence-corrected chi connectivity index (χ4v) is 2.67. The Morgan fingerprint density at radius 3 is 2.65 bits per heavy atom. The second-order valence-electron chi connectivity index (χ2n) is 6.03. The number of rotatable bonds is 9. The number of unbranched alkanes of at least 4 members (excludes halogenated alkanes) is 4. The van der Waals surface area contributed by atoms with Crippen molar-refractivity contribution in [2.24, 2.45) is 7.05 Å². The van der Waals surface area contributed by atoms with Crippen LogP contribution in [0.15, 0.2) is 18.3 Å². The van der Waals surface area contributed by atoms with Crippen LogP contribution < -0.4 is 0 Å². The van der Waals surface area contributed by atoms with Crippen LogP contribution >= 0.6 is 0 Å². The Hall–Kier alpha value is -1.25. The lowest BCUT2D eigenvalue weighted by Gasteiger charge is -2.23. The summed E-state index contributed by atoms with van der Waals surface area (Å²) in [7, 11) is 2.05. The Kier molecular flexibility index (Phi) is 5.69. The molecule has 0 atom stereocenters. The van der Waals surface area contributed by atoms with Gasteiger partial charge in [0.2, 0.25) is 5.91 Å². The lowest BCUT2D eigenvalue weighted by atomic mass is 10.1. The molecule has 0 aromatic carbocycles. The molecule has 3 heteroatoms. The molecule has 0 N–H and O–H groups in total. The van der Waals surface area contributed by atoms with Gasteiger partial charge in [0.25, 0.3) is 0 Å². The molecule has 1 aromatic heterocycles. The molecular weight excluding hydrogens is 248 g/mol. The molecular formula is C17H28N2O. The van der Waals surface area contributed by atoms with E-state index in [2.05, 4.69) is 41.8 Å². The van der Waals surface area contributed by atoms with Gasteiger partial charge in [0.15, 0.2) is 0 Å². The quantitative estimate of drug-likeness (QED) is 0.628. The molecule has 0 bridgehead atoms. The molecule has 112 valence electrons. The number of amides is 1. The molecule has 20 heavy (non-hydrogen) atoms. The predicted octanol–water partition coefficient (Wildman–Crippen LogP) is 3.88. The van der Waals surface area contributed by atoms with E-state index in [0.717, 1.165) is 19.4 Å². The topological polar surface area (TPSA) is 25.2 Å². The van der Waals surface area contributed by atoms with Gasteiger partial charge in [0.05, 0.1) is 6.54 Å². The zero-order valence-corrected chi connectivity index (χ0v) is 13.0. The van der Waals surface area contributed by atoms with E-state index in [-0.39, 0.29) is 0 Å². The maximum atomic E-state index is 12.4. The molecule has 2 rings (SSSR count). The van der Waals surface area contributed by atoms with Gasteiger partial charge in [-0.3, -0.25) is 4.79 Å². The normalized spacial score (nSPS) is 14.5. The maximum Gasteiger partial charge on any atom is 0.223 e. The maximum absolute atomic E-state index is 12.4. The zero-order chi connectivity index (χ0) is 14.4. The molecule has 1 aliphatic carbocycles. The summed E-state index contributed by atoms with van der Waals surface area (Å²) in [6.45, 7) is 3.00. The minimum atomic E-state index is 0.352. The third kappa shape index (κ3) is 4.39. The van der Waals surface area contributed by atoms with Gasteiger partial charge >= 0.3 is 0 Å². The van der Waals surface area contributed by atoms with E-state index < -0.39 is 0 Å². The van der Waals surface area contributed by atoms with Crippen LogP contribution in [0.5, 0.6) is 0 Å². The van der Waals surface area contributed by atoms with Crippen LogP contribution in [-0.2, 0) is 18.4 Å². The van der Waals surface area contributed by atoms with Crippen LogP contribution in [-0.4, -0.2) is 21.4 Å². The summed E-state index contributed by atoms with van der Waals surface area (Å²) in [5.41, 5.74) is 1.23. The first kappa shape index (κ1) is 15.1. The number of nitrogens with zero attached hydrogens (tertiary/aromatic N) is 2. The Morgan fingerprint density at radius 1 is 1.30 bits per heavy atom. The van der Waals surface area contributed by atoms with Gasteiger partial charge in [-0.2, -0.15) is 0 Å². The standard InChI is InChI=1S/C17H28N2O/c1-3-4-5-6-7-10-17(20)19(15-11-12-15)14-16-9-8-13-18(16)2/h8-9,13,15H,3-7,10-12,14H2,1-2H3. The Labute approximate surface area is 123 Å². The molecule has 0 spiro atoms. The molecule has 0 aliphatic heterocycles. The number of aryl methyl sites for hydroxylation is 1. The van der Waals surface area contributed by atoms with Crippen LogP contribution in [0.25, 0.3) is 0 Å². The molecule has 1 aromatic rings. The zero-order valence-electron chi connectivity index (χ0n) is 13.0. The van der Waals surface area contributed by atoms with Crippen molar-refractivity contribution in [3.05, 3.63) is 24.0 Å². The number of carbonyl (C=O) groups excluding carboxylic acids is 1. The second kappa shape index (κ2) is 7.51. The minimum Gasteiger partial charge on any atom is -0.353 e. The van der Waals surface area contributed by atoms with Crippen LogP contribution in [0.3, 0.4) is 0 Å². The molecule has 3 nitrogen and oxygen atoms in total. The lowest BCUT2D eigenvalue weighted by Crippen LogP contribution is -2.33. The van der Waals surface area contributed by atoms with E-state index in [1.807, 2.05) is 0 Å². The highest BCUT2D eigenvalue weighted by Gasteiger charge is 2.32. The van der Waals surface area contributed by atoms with Crippen molar-refractivity contribution in [3.63, 3.8) is 0 Å². The summed E-state index contributed by atoms with van der Waals surface area (Å²) in [5.74, 6) is 0.352. The molecule has 0 unspecified atom stereocenters. The Morgan fingerprint density at radius 2 is 2.05 bits per heavy atom. The summed E-state index contributed by atoms with van der Waals surface area (Å²) in [6.07, 6.45) is 11.2. The number of hydrogen-bond acceptors (Lipinski definition) is 1. The van der Waals surface area contributed by atoms with Gasteiger partial charge in [0, 0.05) is 31.4 Å². The number of aromatic nitrogens is 1. The van der Waals surface area contributed by atoms with Crippen molar-refractivity contribution in [1.82, 2.24) is 9.47 Å². The van der Waals surface area contributed by atoms with Crippen LogP contribution in [0, 0.1) is 0 Å². The first-order valence-corrected chi connectivity index (χ1v) is 8.12. The Balaban J connectivity index is 1.79. The molecule has 1 saturated carbocycles. The first-order valence-electron chi connectivity index (χ1n) is 8.12. The van der Waals surface area contributed by atoms with E-state index in [1.54, 1.807) is 0 Å². The van der Waals surface area contributed by atoms with Crippen molar-refractivity contribution < 1.29 is 4.79 Å². The second-order valence-corrected chi connectivity index (χ2v) is 6.03. The number of carbonyl (C=O) groups is 1. The summed E-state index contributed by atoms with van der Waals surface area (Å²) in [6, 6.07) is 4.67. The van der Waals surface area contributed by atoms with Gasteiger partial charge < -0.3 is 9.47 Å². The van der Waals surface area contributed by atoms with Gasteiger partial charge in [-0.15, -0.1) is 0 Å². The fraction of sp³-hybridized carbons (Fsp3) is 0.706. The van der Waals surface area contributed by atoms with Gasteiger partial charge in [0.1, 0.15) is 0 Å². The van der Waals surface area contributed by atoms with E-state index >= 15 is 0 Å². The third-order valence-electron chi connectivity index (χ3n) is 4.19. The smallest absolute Gasteiger partial charge is 0.223 e. The van der Waals surface area contributed by atoms with Crippen molar-refractivity contribution in [2.45, 2.75) is 70.9 Å². The molecule has 0 saturated heterocycles. The minimum absolute atomic E-state index is 0.352. The average Bonchev–Trinajstić information content (AvgIpc) is 3.19. The lowest BCUT2D eigenvalue weighted by molar-refractivity contribution is -0.132. The van der Waals surface area contributed by atoms with Crippen LogP contribution in [0.1, 0.15) is 64.0 Å². The van der Waals surface area contributed by atoms with Crippen molar-refractivity contribution in [1.29, 1.82) is 0 Å². The van der Waals surface area contributed by atoms with Gasteiger partial charge in [-0.1, -0.05) is 32.6 Å². The monoisotopic (exact) mass is 276 g/mol. The van der Waals surface area contributed by atoms with Gasteiger partial charge in [-0.05, 0) is 31.4 Å². The summed E-state index contributed by atoms with van der Waals surface area (Å²) < 4.78 is 2.11. The van der Waals surface area contributed by atoms with E-state index in [1.165, 1.54) is 44.2 Å². The molecule has 1 amide bonds. The van der Waals surface area contributed by atoms with Crippen LogP contribution in [0.4, 0.5) is 0 Å². The molecule has 1 aliphatic rings. The summed E-state index contributed by atoms with van der Waals surface area (Å²) in [4.78, 5) is 14.5. The van der Waals surface area contributed by atoms with Crippen LogP contribution in [0.2, 0.25) is 0 Å². The van der Waals surface area contributed by atoms with Crippen molar-refractivity contribution >= 4 is 5.91 Å². The van der Waals surface area contributed by atoms with E-state index in [9.17, 15) is 4.79 Å². The first-order chi connectivity index (χ1) is 9.72. The fourth-order valence-electron chi connectivity index (χ4n) is 2.67. The highest BCUT2D eigenvalue weighted by atomic mass is 16.2. The van der Waals surface area contributed by atoms with Gasteiger partial charge in [-0.25, -0.2) is 0 Å². The number of hydrogen-bond donors (Lipinski definition) is 0. The largest absolute Gasteiger partial charge is 0.353 e. The van der Waals surface area contributed by atoms with Crippen molar-refractivity contribution in [3.8, 4) is 0 Å². The highest BCUT2D eigenvalue weighted by molar-refractivity contribution is 5.76. The Bertz CT molecular complexity index is 420. The average molecular weight is 276 g/mol. The van der Waals surface area contributed by atoms with Crippen molar-refractivity contribution in [2.75, 3.05) is 0 Å². The highest BCUT2D eigenvalue weighted by Crippen LogP contribution is 2.29. The molecule has 1 fully saturated rings. The molecule has 1 heterocycles. The van der Waals surface area contributed by atoms with E-state index in [4.69, 9.17) is 0 Å². The predicted molar refractivity (Wildman–Crippen MR) is 82.4 cm³/mol. The SMILES string of the molecule is CCCCCCCC(=O)N(Cc1cccn1C)C1CC1. The molecule has 0 radical (unpaired) electrons. The third-order valence-corrected chi connectivity index (χ3v) is 4.19.